The number of carbonyl (C=O) groups excluding carboxylic acids is 3. The SMILES string of the molecule is COc1ccccc1NC(=O)C[C@@H]1C(=O)NCCN1C(=O)CN1CCN(Cc2ccccc2)CC1. The van der Waals surface area contributed by atoms with E-state index in [2.05, 4.69) is 32.6 Å². The molecule has 0 spiro atoms. The zero-order valence-corrected chi connectivity index (χ0v) is 20.1. The number of methoxy groups -OCH3 is 1. The molecule has 2 aliphatic heterocycles. The Kier molecular flexibility index (Phi) is 8.33. The molecule has 2 saturated heterocycles. The molecule has 186 valence electrons. The van der Waals surface area contributed by atoms with E-state index in [0.717, 1.165) is 32.7 Å². The van der Waals surface area contributed by atoms with E-state index in [1.807, 2.05) is 24.3 Å². The smallest absolute Gasteiger partial charge is 0.243 e. The Hall–Kier alpha value is -3.43. The second kappa shape index (κ2) is 11.8. The molecule has 0 bridgehead atoms. The molecule has 2 aromatic rings. The van der Waals surface area contributed by atoms with Crippen LogP contribution in [0.5, 0.6) is 5.75 Å². The van der Waals surface area contributed by atoms with Crippen LogP contribution < -0.4 is 15.4 Å². The average Bonchev–Trinajstić information content (AvgIpc) is 2.87. The standard InChI is InChI=1S/C26H33N5O4/c1-35-23-10-6-5-9-21(23)28-24(32)17-22-26(34)27-11-12-31(22)25(33)19-30-15-13-29(14-16-30)18-20-7-3-2-4-8-20/h2-10,22H,11-19H2,1H3,(H,27,34)(H,28,32)/t22-/m1/s1. The molecule has 0 aliphatic carbocycles. The summed E-state index contributed by atoms with van der Waals surface area (Å²) >= 11 is 0. The van der Waals surface area contributed by atoms with Crippen molar-refractivity contribution < 1.29 is 19.1 Å². The minimum absolute atomic E-state index is 0.111. The second-order valence-electron chi connectivity index (χ2n) is 8.88. The molecule has 35 heavy (non-hydrogen) atoms. The number of ether oxygens (including phenoxy) is 1. The molecule has 1 atom stereocenters. The highest BCUT2D eigenvalue weighted by Gasteiger charge is 2.35. The van der Waals surface area contributed by atoms with Crippen molar-refractivity contribution in [2.45, 2.75) is 19.0 Å². The van der Waals surface area contributed by atoms with Gasteiger partial charge < -0.3 is 20.3 Å². The van der Waals surface area contributed by atoms with Gasteiger partial charge in [-0.15, -0.1) is 0 Å². The maximum atomic E-state index is 13.2. The van der Waals surface area contributed by atoms with Crippen LogP contribution in [0.25, 0.3) is 0 Å². The van der Waals surface area contributed by atoms with Crippen LogP contribution in [0.2, 0.25) is 0 Å². The van der Waals surface area contributed by atoms with Crippen molar-refractivity contribution in [2.75, 3.05) is 58.2 Å². The summed E-state index contributed by atoms with van der Waals surface area (Å²) in [7, 11) is 1.53. The normalized spacial score (nSPS) is 19.2. The van der Waals surface area contributed by atoms with Gasteiger partial charge >= 0.3 is 0 Å². The van der Waals surface area contributed by atoms with Gasteiger partial charge in [-0.25, -0.2) is 0 Å². The molecular weight excluding hydrogens is 446 g/mol. The minimum Gasteiger partial charge on any atom is -0.495 e. The Balaban J connectivity index is 1.30. The molecule has 0 unspecified atom stereocenters. The summed E-state index contributed by atoms with van der Waals surface area (Å²) in [6.45, 7) is 5.27. The van der Waals surface area contributed by atoms with Gasteiger partial charge in [-0.3, -0.25) is 24.2 Å². The van der Waals surface area contributed by atoms with Crippen molar-refractivity contribution in [1.29, 1.82) is 0 Å². The largest absolute Gasteiger partial charge is 0.495 e. The van der Waals surface area contributed by atoms with Crippen LogP contribution in [0.15, 0.2) is 54.6 Å². The lowest BCUT2D eigenvalue weighted by molar-refractivity contribution is -0.145. The number of carbonyl (C=O) groups is 3. The van der Waals surface area contributed by atoms with Crippen molar-refractivity contribution in [1.82, 2.24) is 20.0 Å². The number of para-hydroxylation sites is 2. The molecule has 0 radical (unpaired) electrons. The first-order chi connectivity index (χ1) is 17.0. The van der Waals surface area contributed by atoms with Gasteiger partial charge in [0, 0.05) is 45.8 Å². The summed E-state index contributed by atoms with van der Waals surface area (Å²) in [6, 6.07) is 16.6. The van der Waals surface area contributed by atoms with Crippen molar-refractivity contribution in [3.8, 4) is 5.75 Å². The number of hydrogen-bond donors (Lipinski definition) is 2. The van der Waals surface area contributed by atoms with Crippen molar-refractivity contribution in [2.24, 2.45) is 0 Å². The molecule has 2 aliphatic rings. The molecule has 4 rings (SSSR count). The predicted molar refractivity (Wildman–Crippen MR) is 133 cm³/mol. The quantitative estimate of drug-likeness (QED) is 0.590. The highest BCUT2D eigenvalue weighted by atomic mass is 16.5. The third-order valence-electron chi connectivity index (χ3n) is 6.48. The number of benzene rings is 2. The first-order valence-electron chi connectivity index (χ1n) is 12.0. The predicted octanol–water partition coefficient (Wildman–Crippen LogP) is 1.17. The first-order valence-corrected chi connectivity index (χ1v) is 12.0. The third-order valence-corrected chi connectivity index (χ3v) is 6.48. The van der Waals surface area contributed by atoms with E-state index >= 15 is 0 Å². The fourth-order valence-corrected chi connectivity index (χ4v) is 4.57. The monoisotopic (exact) mass is 479 g/mol. The maximum Gasteiger partial charge on any atom is 0.243 e. The van der Waals surface area contributed by atoms with Crippen LogP contribution in [-0.2, 0) is 20.9 Å². The summed E-state index contributed by atoms with van der Waals surface area (Å²) < 4.78 is 5.27. The number of nitrogens with zero attached hydrogens (tertiary/aromatic N) is 3. The molecule has 9 nitrogen and oxygen atoms in total. The maximum absolute atomic E-state index is 13.2. The molecule has 3 amide bonds. The van der Waals surface area contributed by atoms with E-state index in [-0.39, 0.29) is 30.7 Å². The number of hydrogen-bond acceptors (Lipinski definition) is 6. The van der Waals surface area contributed by atoms with Gasteiger partial charge in [0.1, 0.15) is 11.8 Å². The fraction of sp³-hybridized carbons (Fsp3) is 0.423. The van der Waals surface area contributed by atoms with E-state index in [1.165, 1.54) is 12.7 Å². The lowest BCUT2D eigenvalue weighted by atomic mass is 10.1. The second-order valence-corrected chi connectivity index (χ2v) is 8.88. The Morgan fingerprint density at radius 1 is 0.971 bits per heavy atom. The van der Waals surface area contributed by atoms with Crippen LogP contribution in [0.4, 0.5) is 5.69 Å². The summed E-state index contributed by atoms with van der Waals surface area (Å²) in [5.41, 5.74) is 1.81. The van der Waals surface area contributed by atoms with E-state index in [4.69, 9.17) is 4.74 Å². The molecule has 2 aromatic carbocycles. The van der Waals surface area contributed by atoms with Crippen LogP contribution in [0, 0.1) is 0 Å². The summed E-state index contributed by atoms with van der Waals surface area (Å²) in [4.78, 5) is 44.6. The average molecular weight is 480 g/mol. The van der Waals surface area contributed by atoms with Crippen LogP contribution >= 0.6 is 0 Å². The molecule has 9 heteroatoms. The first kappa shape index (κ1) is 24.7. The van der Waals surface area contributed by atoms with Gasteiger partial charge in [-0.1, -0.05) is 42.5 Å². The number of piperazine rings is 2. The van der Waals surface area contributed by atoms with E-state index in [0.29, 0.717) is 24.5 Å². The topological polar surface area (TPSA) is 94.2 Å². The lowest BCUT2D eigenvalue weighted by Gasteiger charge is -2.38. The Morgan fingerprint density at radius 2 is 1.66 bits per heavy atom. The van der Waals surface area contributed by atoms with E-state index < -0.39 is 6.04 Å². The summed E-state index contributed by atoms with van der Waals surface area (Å²) in [5.74, 6) is -0.226. The Morgan fingerprint density at radius 3 is 2.40 bits per heavy atom. The highest BCUT2D eigenvalue weighted by Crippen LogP contribution is 2.23. The number of nitrogens with one attached hydrogen (secondary N) is 2. The van der Waals surface area contributed by atoms with Gasteiger partial charge in [0.25, 0.3) is 0 Å². The van der Waals surface area contributed by atoms with Gasteiger partial charge in [-0.05, 0) is 17.7 Å². The van der Waals surface area contributed by atoms with Gasteiger partial charge in [0.05, 0.1) is 25.8 Å². The highest BCUT2D eigenvalue weighted by molar-refractivity contribution is 5.98. The number of anilines is 1. The molecular formula is C26H33N5O4. The molecule has 0 saturated carbocycles. The number of rotatable bonds is 8. The van der Waals surface area contributed by atoms with Crippen molar-refractivity contribution in [3.63, 3.8) is 0 Å². The third kappa shape index (κ3) is 6.58. The summed E-state index contributed by atoms with van der Waals surface area (Å²) in [5, 5.41) is 5.58. The molecule has 0 aromatic heterocycles. The van der Waals surface area contributed by atoms with Gasteiger partial charge in [-0.2, -0.15) is 0 Å². The number of amides is 3. The lowest BCUT2D eigenvalue weighted by Crippen LogP contribution is -2.60. The van der Waals surface area contributed by atoms with Gasteiger partial charge in [0.15, 0.2) is 0 Å². The zero-order chi connectivity index (χ0) is 24.6. The van der Waals surface area contributed by atoms with Gasteiger partial charge in [0.2, 0.25) is 17.7 Å². The van der Waals surface area contributed by atoms with Crippen LogP contribution in [-0.4, -0.2) is 91.4 Å². The zero-order valence-electron chi connectivity index (χ0n) is 20.1. The Bertz CT molecular complexity index is 1020. The summed E-state index contributed by atoms with van der Waals surface area (Å²) in [6.07, 6.45) is -0.111. The fourth-order valence-electron chi connectivity index (χ4n) is 4.57. The van der Waals surface area contributed by atoms with Crippen molar-refractivity contribution in [3.05, 3.63) is 60.2 Å². The molecule has 2 fully saturated rings. The van der Waals surface area contributed by atoms with E-state index in [1.54, 1.807) is 23.1 Å². The molecule has 2 heterocycles. The van der Waals surface area contributed by atoms with E-state index in [9.17, 15) is 14.4 Å². The van der Waals surface area contributed by atoms with Crippen LogP contribution in [0.3, 0.4) is 0 Å². The van der Waals surface area contributed by atoms with Crippen molar-refractivity contribution >= 4 is 23.4 Å². The Labute approximate surface area is 206 Å². The van der Waals surface area contributed by atoms with Crippen LogP contribution in [0.1, 0.15) is 12.0 Å². The molecule has 2 N–H and O–H groups in total. The minimum atomic E-state index is -0.828.